The van der Waals surface area contributed by atoms with Gasteiger partial charge in [0.25, 0.3) is 0 Å². The molecule has 0 aliphatic rings. The van der Waals surface area contributed by atoms with E-state index in [4.69, 9.17) is 9.72 Å². The van der Waals surface area contributed by atoms with Gasteiger partial charge >= 0.3 is 6.18 Å². The molecule has 0 radical (unpaired) electrons. The number of fused-ring (bicyclic) bond motifs is 6. The molecule has 4 aromatic carbocycles. The van der Waals surface area contributed by atoms with Crippen molar-refractivity contribution in [1.82, 2.24) is 9.97 Å². The van der Waals surface area contributed by atoms with Gasteiger partial charge in [0, 0.05) is 38.1 Å². The number of aliphatic hydroxyl groups is 1. The summed E-state index contributed by atoms with van der Waals surface area (Å²) < 4.78 is 45.2. The molecule has 0 amide bonds. The normalized spacial score (nSPS) is 12.6. The lowest BCUT2D eigenvalue weighted by Gasteiger charge is -2.18. The number of hydrogen-bond donors (Lipinski definition) is 2. The largest absolute Gasteiger partial charge is 0.494 e. The number of nitrogens with zero attached hydrogens (tertiary/aromatic N) is 1. The van der Waals surface area contributed by atoms with Gasteiger partial charge in [-0.25, -0.2) is 4.98 Å². The molecule has 0 unspecified atom stereocenters. The Balaban J connectivity index is 1.68. The lowest BCUT2D eigenvalue weighted by molar-refractivity contribution is -0.136. The third-order valence-corrected chi connectivity index (χ3v) is 7.62. The van der Waals surface area contributed by atoms with Crippen LogP contribution in [0.1, 0.15) is 32.3 Å². The van der Waals surface area contributed by atoms with E-state index in [0.29, 0.717) is 18.0 Å². The summed E-state index contributed by atoms with van der Waals surface area (Å²) in [6, 6.07) is 17.4. The molecule has 1 heterocycles. The van der Waals surface area contributed by atoms with Crippen LogP contribution in [0.3, 0.4) is 0 Å². The number of hydrogen-bond acceptors (Lipinski definition) is 3. The first-order valence-electron chi connectivity index (χ1n) is 12.1. The van der Waals surface area contributed by atoms with Gasteiger partial charge in [0.2, 0.25) is 0 Å². The number of halogens is 5. The molecule has 0 spiro atoms. The van der Waals surface area contributed by atoms with Crippen LogP contribution in [-0.4, -0.2) is 33.5 Å². The molecule has 0 fully saturated rings. The Labute approximate surface area is 234 Å². The summed E-state index contributed by atoms with van der Waals surface area (Å²) in [4.78, 5) is 8.48. The molecule has 2 N–H and O–H groups in total. The third kappa shape index (κ3) is 5.70. The van der Waals surface area contributed by atoms with Crippen LogP contribution in [0.5, 0.6) is 5.75 Å². The van der Waals surface area contributed by atoms with Crippen LogP contribution >= 0.6 is 31.9 Å². The number of H-pyrrole nitrogens is 1. The molecule has 0 atom stereocenters. The van der Waals surface area contributed by atoms with Crippen molar-refractivity contribution in [3.63, 3.8) is 0 Å². The van der Waals surface area contributed by atoms with Crippen LogP contribution in [0, 0.1) is 0 Å². The molecule has 0 saturated heterocycles. The number of alkyl halides is 3. The minimum atomic E-state index is -4.20. The summed E-state index contributed by atoms with van der Waals surface area (Å²) in [7, 11) is 0. The number of aromatic nitrogens is 2. The Bertz CT molecular complexity index is 1640. The number of aromatic amines is 1. The van der Waals surface area contributed by atoms with Crippen molar-refractivity contribution in [2.75, 3.05) is 6.61 Å². The molecule has 0 saturated carbocycles. The molecule has 4 nitrogen and oxygen atoms in total. The molecule has 5 rings (SSSR count). The quantitative estimate of drug-likeness (QED) is 0.137. The van der Waals surface area contributed by atoms with Gasteiger partial charge in [-0.15, -0.1) is 0 Å². The molecule has 0 bridgehead atoms. The number of rotatable bonds is 7. The van der Waals surface area contributed by atoms with Crippen molar-refractivity contribution in [2.45, 2.75) is 44.9 Å². The van der Waals surface area contributed by atoms with Crippen LogP contribution in [0.2, 0.25) is 0 Å². The Kier molecular flexibility index (Phi) is 7.22. The maximum absolute atomic E-state index is 12.6. The summed E-state index contributed by atoms with van der Waals surface area (Å²) >= 11 is 7.26. The smallest absolute Gasteiger partial charge is 0.389 e. The fraction of sp³-hybridized carbons (Fsp3) is 0.276. The van der Waals surface area contributed by atoms with Gasteiger partial charge in [0.15, 0.2) is 0 Å². The first kappa shape index (κ1) is 27.0. The Morgan fingerprint density at radius 3 is 2.29 bits per heavy atom. The van der Waals surface area contributed by atoms with Gasteiger partial charge in [-0.1, -0.05) is 24.3 Å². The minimum Gasteiger partial charge on any atom is -0.494 e. The Hall–Kier alpha value is -2.62. The number of ether oxygens (including phenoxy) is 1. The van der Waals surface area contributed by atoms with Gasteiger partial charge < -0.3 is 14.8 Å². The highest BCUT2D eigenvalue weighted by Crippen LogP contribution is 2.40. The van der Waals surface area contributed by atoms with Crippen LogP contribution in [0.15, 0.2) is 63.5 Å². The topological polar surface area (TPSA) is 58.1 Å². The first-order valence-corrected chi connectivity index (χ1v) is 13.7. The SMILES string of the molecule is CC(C)(O)Cc1ccc2c(c1)c1cc(OCCCC(F)(F)F)ccc1c1[nH]c(-c3c(Br)cccc3Br)nc21. The zero-order valence-corrected chi connectivity index (χ0v) is 23.9. The lowest BCUT2D eigenvalue weighted by atomic mass is 9.93. The summed E-state index contributed by atoms with van der Waals surface area (Å²) in [6.07, 6.45) is -4.73. The van der Waals surface area contributed by atoms with Gasteiger partial charge in [-0.2, -0.15) is 13.2 Å². The fourth-order valence-electron chi connectivity index (χ4n) is 4.75. The zero-order chi connectivity index (χ0) is 27.2. The van der Waals surface area contributed by atoms with E-state index in [1.165, 1.54) is 0 Å². The van der Waals surface area contributed by atoms with Crippen LogP contribution < -0.4 is 4.74 Å². The van der Waals surface area contributed by atoms with E-state index < -0.39 is 18.2 Å². The highest BCUT2D eigenvalue weighted by Gasteiger charge is 2.26. The molecule has 0 aliphatic heterocycles. The maximum Gasteiger partial charge on any atom is 0.389 e. The van der Waals surface area contributed by atoms with Crippen molar-refractivity contribution >= 4 is 64.4 Å². The van der Waals surface area contributed by atoms with Gasteiger partial charge in [0.05, 0.1) is 23.2 Å². The highest BCUT2D eigenvalue weighted by molar-refractivity contribution is 9.11. The standard InChI is InChI=1S/C29H25Br2F3N2O2/c1-28(2,37)15-16-7-9-18-20(13-16)21-14-17(38-12-4-11-29(32,33)34)8-10-19(21)26-25(18)35-27(36-26)24-22(30)5-3-6-23(24)31/h3,5-10,13-14,37H,4,11-12,15H2,1-2H3,(H,35,36). The van der Waals surface area contributed by atoms with E-state index in [0.717, 1.165) is 52.7 Å². The van der Waals surface area contributed by atoms with Gasteiger partial charge in [-0.05, 0) is 98.8 Å². The van der Waals surface area contributed by atoms with E-state index in [1.807, 2.05) is 48.5 Å². The van der Waals surface area contributed by atoms with Crippen molar-refractivity contribution in [1.29, 1.82) is 0 Å². The lowest BCUT2D eigenvalue weighted by Crippen LogP contribution is -2.21. The monoisotopic (exact) mass is 648 g/mol. The molecule has 0 aliphatic carbocycles. The Morgan fingerprint density at radius 2 is 1.61 bits per heavy atom. The third-order valence-electron chi connectivity index (χ3n) is 6.30. The molecule has 198 valence electrons. The minimum absolute atomic E-state index is 0.0284. The highest BCUT2D eigenvalue weighted by atomic mass is 79.9. The van der Waals surface area contributed by atoms with Gasteiger partial charge in [0.1, 0.15) is 11.6 Å². The van der Waals surface area contributed by atoms with Crippen LogP contribution in [0.4, 0.5) is 13.2 Å². The number of benzene rings is 4. The summed E-state index contributed by atoms with van der Waals surface area (Å²) in [5.41, 5.74) is 2.63. The van der Waals surface area contributed by atoms with Crippen molar-refractivity contribution in [3.8, 4) is 17.1 Å². The molecule has 9 heteroatoms. The predicted molar refractivity (Wildman–Crippen MR) is 153 cm³/mol. The average Bonchev–Trinajstić information content (AvgIpc) is 3.25. The van der Waals surface area contributed by atoms with E-state index in [1.54, 1.807) is 19.9 Å². The number of nitrogens with one attached hydrogen (secondary N) is 1. The van der Waals surface area contributed by atoms with E-state index in [-0.39, 0.29) is 13.0 Å². The van der Waals surface area contributed by atoms with Crippen molar-refractivity contribution < 1.29 is 23.0 Å². The van der Waals surface area contributed by atoms with Gasteiger partial charge in [-0.3, -0.25) is 0 Å². The van der Waals surface area contributed by atoms with E-state index in [2.05, 4.69) is 36.8 Å². The second-order valence-corrected chi connectivity index (χ2v) is 11.8. The second-order valence-electron chi connectivity index (χ2n) is 10.0. The molecule has 1 aromatic heterocycles. The molecular weight excluding hydrogens is 625 g/mol. The Morgan fingerprint density at radius 1 is 0.921 bits per heavy atom. The van der Waals surface area contributed by atoms with Crippen molar-refractivity contribution in [2.24, 2.45) is 0 Å². The average molecular weight is 650 g/mol. The summed E-state index contributed by atoms with van der Waals surface area (Å²) in [5, 5.41) is 14.1. The first-order chi connectivity index (χ1) is 17.9. The molecule has 5 aromatic rings. The zero-order valence-electron chi connectivity index (χ0n) is 20.7. The van der Waals surface area contributed by atoms with Crippen molar-refractivity contribution in [3.05, 3.63) is 69.1 Å². The maximum atomic E-state index is 12.6. The summed E-state index contributed by atoms with van der Waals surface area (Å²) in [6.45, 7) is 3.50. The predicted octanol–water partition coefficient (Wildman–Crippen LogP) is 9.10. The van der Waals surface area contributed by atoms with Crippen LogP contribution in [-0.2, 0) is 6.42 Å². The molecule has 38 heavy (non-hydrogen) atoms. The molecular formula is C29H25Br2F3N2O2. The second kappa shape index (κ2) is 10.2. The fourth-order valence-corrected chi connectivity index (χ4v) is 6.13. The number of imidazole rings is 1. The van der Waals surface area contributed by atoms with E-state index >= 15 is 0 Å². The van der Waals surface area contributed by atoms with E-state index in [9.17, 15) is 18.3 Å². The summed E-state index contributed by atoms with van der Waals surface area (Å²) in [5.74, 6) is 1.20. The van der Waals surface area contributed by atoms with Crippen LogP contribution in [0.25, 0.3) is 44.0 Å².